The van der Waals surface area contributed by atoms with Crippen LogP contribution in [0.25, 0.3) is 11.0 Å². The third kappa shape index (κ3) is 5.37. The molecule has 0 aliphatic heterocycles. The van der Waals surface area contributed by atoms with Crippen molar-refractivity contribution in [1.82, 2.24) is 20.3 Å². The summed E-state index contributed by atoms with van der Waals surface area (Å²) in [6.07, 6.45) is -0.485. The number of aliphatic carboxylic acids is 1. The number of fused-ring (bicyclic) bond motifs is 1. The standard InChI is InChI=1S/C22H26N4O5/c1-13-11-18-19(12-14(13)2)26(25-24-18)9-4-10-31-17-7-5-16(6-8-17)21(28)23-20(15(3)27)22(29)30/h5-8,11-12,15,20,27H,4,9-10H2,1-3H3,(H,23,28)(H,29,30). The van der Waals surface area contributed by atoms with E-state index in [4.69, 9.17) is 9.84 Å². The highest BCUT2D eigenvalue weighted by atomic mass is 16.5. The van der Waals surface area contributed by atoms with Gasteiger partial charge in [-0.05, 0) is 68.3 Å². The van der Waals surface area contributed by atoms with Gasteiger partial charge in [-0.3, -0.25) is 4.79 Å². The number of benzene rings is 2. The van der Waals surface area contributed by atoms with E-state index in [2.05, 4.69) is 28.6 Å². The summed E-state index contributed by atoms with van der Waals surface area (Å²) in [4.78, 5) is 23.3. The quantitative estimate of drug-likeness (QED) is 0.447. The molecule has 0 fully saturated rings. The Labute approximate surface area is 179 Å². The van der Waals surface area contributed by atoms with E-state index in [0.29, 0.717) is 18.9 Å². The largest absolute Gasteiger partial charge is 0.494 e. The molecule has 1 amide bonds. The summed E-state index contributed by atoms with van der Waals surface area (Å²) in [5.41, 5.74) is 4.52. The van der Waals surface area contributed by atoms with Gasteiger partial charge in [0.2, 0.25) is 0 Å². The van der Waals surface area contributed by atoms with Gasteiger partial charge < -0.3 is 20.3 Å². The summed E-state index contributed by atoms with van der Waals surface area (Å²) >= 11 is 0. The molecule has 0 spiro atoms. The van der Waals surface area contributed by atoms with Crippen LogP contribution >= 0.6 is 0 Å². The van der Waals surface area contributed by atoms with Crippen LogP contribution in [0.4, 0.5) is 0 Å². The van der Waals surface area contributed by atoms with Gasteiger partial charge in [0.1, 0.15) is 11.3 Å². The van der Waals surface area contributed by atoms with E-state index in [0.717, 1.165) is 17.5 Å². The van der Waals surface area contributed by atoms with Gasteiger partial charge in [0, 0.05) is 18.5 Å². The smallest absolute Gasteiger partial charge is 0.328 e. The van der Waals surface area contributed by atoms with Gasteiger partial charge in [-0.25, -0.2) is 9.48 Å². The molecule has 0 saturated heterocycles. The second-order valence-corrected chi connectivity index (χ2v) is 7.49. The number of aromatic nitrogens is 3. The minimum Gasteiger partial charge on any atom is -0.494 e. The van der Waals surface area contributed by atoms with Crippen molar-refractivity contribution in [1.29, 1.82) is 0 Å². The van der Waals surface area contributed by atoms with E-state index in [1.807, 2.05) is 17.7 Å². The predicted octanol–water partition coefficient (Wildman–Crippen LogP) is 2.08. The van der Waals surface area contributed by atoms with Crippen LogP contribution in [-0.2, 0) is 11.3 Å². The van der Waals surface area contributed by atoms with E-state index in [9.17, 15) is 14.7 Å². The van der Waals surface area contributed by atoms with Crippen molar-refractivity contribution in [2.45, 2.75) is 45.9 Å². The zero-order valence-electron chi connectivity index (χ0n) is 17.7. The molecular weight excluding hydrogens is 400 g/mol. The summed E-state index contributed by atoms with van der Waals surface area (Å²) in [5, 5.41) is 29.2. The topological polar surface area (TPSA) is 127 Å². The molecule has 2 unspecified atom stereocenters. The molecule has 3 N–H and O–H groups in total. The highest BCUT2D eigenvalue weighted by molar-refractivity contribution is 5.96. The van der Waals surface area contributed by atoms with Crippen molar-refractivity contribution in [2.75, 3.05) is 6.61 Å². The Morgan fingerprint density at radius 2 is 1.84 bits per heavy atom. The van der Waals surface area contributed by atoms with Gasteiger partial charge in [0.05, 0.1) is 18.2 Å². The van der Waals surface area contributed by atoms with Crippen LogP contribution < -0.4 is 10.1 Å². The van der Waals surface area contributed by atoms with E-state index in [1.54, 1.807) is 24.3 Å². The van der Waals surface area contributed by atoms with E-state index < -0.39 is 24.0 Å². The summed E-state index contributed by atoms with van der Waals surface area (Å²) < 4.78 is 7.58. The number of aryl methyl sites for hydroxylation is 3. The van der Waals surface area contributed by atoms with Gasteiger partial charge in [0.25, 0.3) is 5.91 Å². The molecule has 0 saturated carbocycles. The number of aliphatic hydroxyl groups excluding tert-OH is 1. The molecular formula is C22H26N4O5. The number of nitrogens with one attached hydrogen (secondary N) is 1. The number of carboxylic acid groups (broad SMARTS) is 1. The first kappa shape index (κ1) is 22.2. The van der Waals surface area contributed by atoms with Gasteiger partial charge in [-0.15, -0.1) is 5.10 Å². The number of carbonyl (C=O) groups excluding carboxylic acids is 1. The zero-order chi connectivity index (χ0) is 22.5. The molecule has 3 rings (SSSR count). The SMILES string of the molecule is Cc1cc2nnn(CCCOc3ccc(C(=O)NC(C(=O)O)C(C)O)cc3)c2cc1C. The van der Waals surface area contributed by atoms with Crippen LogP contribution in [0.3, 0.4) is 0 Å². The number of carbonyl (C=O) groups is 2. The summed E-state index contributed by atoms with van der Waals surface area (Å²) in [6.45, 7) is 6.54. The Kier molecular flexibility index (Phi) is 6.86. The number of carboxylic acids is 1. The number of rotatable bonds is 9. The molecule has 164 valence electrons. The average Bonchev–Trinajstić information content (AvgIpc) is 3.11. The van der Waals surface area contributed by atoms with Crippen molar-refractivity contribution >= 4 is 22.9 Å². The zero-order valence-corrected chi connectivity index (χ0v) is 17.7. The minimum atomic E-state index is -1.37. The van der Waals surface area contributed by atoms with Gasteiger partial charge in [-0.2, -0.15) is 0 Å². The monoisotopic (exact) mass is 426 g/mol. The Morgan fingerprint density at radius 1 is 1.16 bits per heavy atom. The maximum absolute atomic E-state index is 12.2. The molecule has 31 heavy (non-hydrogen) atoms. The molecule has 2 atom stereocenters. The maximum atomic E-state index is 12.2. The summed E-state index contributed by atoms with van der Waals surface area (Å²) in [5.74, 6) is -1.28. The first-order valence-electron chi connectivity index (χ1n) is 10.0. The van der Waals surface area contributed by atoms with Crippen LogP contribution in [0.15, 0.2) is 36.4 Å². The van der Waals surface area contributed by atoms with E-state index in [1.165, 1.54) is 18.1 Å². The highest BCUT2D eigenvalue weighted by Crippen LogP contribution is 2.18. The van der Waals surface area contributed by atoms with Gasteiger partial charge in [0.15, 0.2) is 6.04 Å². The second kappa shape index (κ2) is 9.57. The Balaban J connectivity index is 1.51. The number of hydrogen-bond donors (Lipinski definition) is 3. The Morgan fingerprint density at radius 3 is 2.48 bits per heavy atom. The van der Waals surface area contributed by atoms with Gasteiger partial charge in [-0.1, -0.05) is 5.21 Å². The van der Waals surface area contributed by atoms with Crippen molar-refractivity contribution < 1.29 is 24.5 Å². The number of ether oxygens (including phenoxy) is 1. The molecule has 0 bridgehead atoms. The highest BCUT2D eigenvalue weighted by Gasteiger charge is 2.25. The third-order valence-corrected chi connectivity index (χ3v) is 5.06. The minimum absolute atomic E-state index is 0.277. The molecule has 2 aromatic carbocycles. The number of amides is 1. The summed E-state index contributed by atoms with van der Waals surface area (Å²) in [7, 11) is 0. The molecule has 1 heterocycles. The lowest BCUT2D eigenvalue weighted by atomic mass is 10.1. The molecule has 9 heteroatoms. The van der Waals surface area contributed by atoms with Crippen molar-refractivity contribution in [2.24, 2.45) is 0 Å². The lowest BCUT2D eigenvalue weighted by Crippen LogP contribution is -2.47. The lowest BCUT2D eigenvalue weighted by Gasteiger charge is -2.17. The Hall–Kier alpha value is -3.46. The number of nitrogens with zero attached hydrogens (tertiary/aromatic N) is 3. The van der Waals surface area contributed by atoms with E-state index in [-0.39, 0.29) is 5.56 Å². The van der Waals surface area contributed by atoms with Crippen molar-refractivity contribution in [3.05, 3.63) is 53.1 Å². The predicted molar refractivity (Wildman–Crippen MR) is 114 cm³/mol. The van der Waals surface area contributed by atoms with Crippen molar-refractivity contribution in [3.8, 4) is 5.75 Å². The lowest BCUT2D eigenvalue weighted by molar-refractivity contribution is -0.141. The number of hydrogen-bond acceptors (Lipinski definition) is 6. The van der Waals surface area contributed by atoms with Crippen LogP contribution in [0, 0.1) is 13.8 Å². The first-order valence-corrected chi connectivity index (χ1v) is 10.0. The second-order valence-electron chi connectivity index (χ2n) is 7.49. The number of aliphatic hydroxyl groups is 1. The fraction of sp³-hybridized carbons (Fsp3) is 0.364. The molecule has 0 radical (unpaired) electrons. The molecule has 3 aromatic rings. The normalized spacial score (nSPS) is 13.0. The maximum Gasteiger partial charge on any atom is 0.328 e. The van der Waals surface area contributed by atoms with Crippen LogP contribution in [0.5, 0.6) is 5.75 Å². The van der Waals surface area contributed by atoms with E-state index >= 15 is 0 Å². The molecule has 0 aliphatic carbocycles. The fourth-order valence-electron chi connectivity index (χ4n) is 3.11. The van der Waals surface area contributed by atoms with Crippen molar-refractivity contribution in [3.63, 3.8) is 0 Å². The Bertz CT molecular complexity index is 1080. The van der Waals surface area contributed by atoms with Crippen LogP contribution in [0.1, 0.15) is 34.8 Å². The fourth-order valence-corrected chi connectivity index (χ4v) is 3.11. The first-order chi connectivity index (χ1) is 14.8. The molecule has 9 nitrogen and oxygen atoms in total. The average molecular weight is 426 g/mol. The van der Waals surface area contributed by atoms with Crippen LogP contribution in [0.2, 0.25) is 0 Å². The van der Waals surface area contributed by atoms with Crippen LogP contribution in [-0.4, -0.2) is 55.8 Å². The third-order valence-electron chi connectivity index (χ3n) is 5.06. The van der Waals surface area contributed by atoms with Gasteiger partial charge >= 0.3 is 5.97 Å². The summed E-state index contributed by atoms with van der Waals surface area (Å²) in [6, 6.07) is 9.12. The molecule has 0 aliphatic rings. The molecule has 1 aromatic heterocycles.